The van der Waals surface area contributed by atoms with E-state index in [1.54, 1.807) is 7.11 Å². The number of likely N-dealkylation sites (tertiary alicyclic amines) is 1. The van der Waals surface area contributed by atoms with Crippen LogP contribution in [0.5, 0.6) is 5.75 Å². The molecule has 1 atom stereocenters. The van der Waals surface area contributed by atoms with E-state index in [4.69, 9.17) is 9.73 Å². The minimum Gasteiger partial charge on any atom is -0.496 e. The Balaban J connectivity index is 1.74. The Labute approximate surface area is 161 Å². The molecule has 1 N–H and O–H groups in total. The predicted octanol–water partition coefficient (Wildman–Crippen LogP) is 2.40. The minimum atomic E-state index is 0.502. The number of methoxy groups -OCH3 is 1. The van der Waals surface area contributed by atoms with E-state index >= 15 is 0 Å². The smallest absolute Gasteiger partial charge is 0.194 e. The molecule has 1 saturated heterocycles. The predicted molar refractivity (Wildman–Crippen MR) is 107 cm³/mol. The number of rotatable bonds is 5. The van der Waals surface area contributed by atoms with E-state index < -0.39 is 0 Å². The average molecular weight is 371 g/mol. The van der Waals surface area contributed by atoms with E-state index in [-0.39, 0.29) is 0 Å². The number of aliphatic imine (C=N–C) groups is 1. The number of pyridine rings is 1. The molecule has 27 heavy (non-hydrogen) atoms. The van der Waals surface area contributed by atoms with Crippen molar-refractivity contribution in [3.63, 3.8) is 0 Å². The maximum Gasteiger partial charge on any atom is 0.194 e. The number of nitrogens with one attached hydrogen (secondary N) is 1. The molecule has 2 aromatic heterocycles. The van der Waals surface area contributed by atoms with Gasteiger partial charge in [-0.15, -0.1) is 0 Å². The SMILES string of the molecule is CCNC(=NCc1ncc(C)c(OC)c1C)N1CCC(c2cnn(C)c2)C1. The standard InChI is InChI=1S/C20H30N6O/c1-6-21-20(23-11-18-15(3)19(27-5)14(2)9-22-18)26-8-7-16(13-26)17-10-24-25(4)12-17/h9-10,12,16H,6-8,11,13H2,1-5H3,(H,21,23). The lowest BCUT2D eigenvalue weighted by molar-refractivity contribution is 0.407. The van der Waals surface area contributed by atoms with Crippen LogP contribution >= 0.6 is 0 Å². The zero-order valence-corrected chi connectivity index (χ0v) is 17.0. The van der Waals surface area contributed by atoms with Crippen LogP contribution in [0.2, 0.25) is 0 Å². The highest BCUT2D eigenvalue weighted by Crippen LogP contribution is 2.27. The molecule has 146 valence electrons. The zero-order chi connectivity index (χ0) is 19.4. The third-order valence-corrected chi connectivity index (χ3v) is 5.15. The Bertz CT molecular complexity index is 813. The maximum absolute atomic E-state index is 5.51. The lowest BCUT2D eigenvalue weighted by Gasteiger charge is -2.21. The molecule has 0 saturated carbocycles. The highest BCUT2D eigenvalue weighted by molar-refractivity contribution is 5.80. The summed E-state index contributed by atoms with van der Waals surface area (Å²) in [5.74, 6) is 2.35. The summed E-state index contributed by atoms with van der Waals surface area (Å²) in [7, 11) is 3.67. The molecule has 0 spiro atoms. The molecule has 3 heterocycles. The largest absolute Gasteiger partial charge is 0.496 e. The van der Waals surface area contributed by atoms with Crippen LogP contribution in [0.3, 0.4) is 0 Å². The summed E-state index contributed by atoms with van der Waals surface area (Å²) < 4.78 is 7.38. The number of hydrogen-bond acceptors (Lipinski definition) is 4. The summed E-state index contributed by atoms with van der Waals surface area (Å²) in [5.41, 5.74) is 4.37. The number of aromatic nitrogens is 3. The monoisotopic (exact) mass is 370 g/mol. The molecule has 1 fully saturated rings. The van der Waals surface area contributed by atoms with E-state index in [0.717, 1.165) is 54.6 Å². The van der Waals surface area contributed by atoms with Gasteiger partial charge in [0.1, 0.15) is 5.75 Å². The molecule has 0 aliphatic carbocycles. The zero-order valence-electron chi connectivity index (χ0n) is 17.0. The Kier molecular flexibility index (Phi) is 5.98. The summed E-state index contributed by atoms with van der Waals surface area (Å²) in [6.07, 6.45) is 7.07. The van der Waals surface area contributed by atoms with Crippen LogP contribution in [0.25, 0.3) is 0 Å². The summed E-state index contributed by atoms with van der Waals surface area (Å²) in [5, 5.41) is 7.74. The first-order valence-electron chi connectivity index (χ1n) is 9.54. The highest BCUT2D eigenvalue weighted by atomic mass is 16.5. The van der Waals surface area contributed by atoms with E-state index in [1.807, 2.05) is 38.0 Å². The van der Waals surface area contributed by atoms with Gasteiger partial charge in [0.25, 0.3) is 0 Å². The van der Waals surface area contributed by atoms with Gasteiger partial charge in [0.05, 0.1) is 25.5 Å². The van der Waals surface area contributed by atoms with Gasteiger partial charge in [-0.3, -0.25) is 9.67 Å². The molecule has 2 aromatic rings. The number of ether oxygens (including phenoxy) is 1. The van der Waals surface area contributed by atoms with Crippen molar-refractivity contribution in [1.29, 1.82) is 0 Å². The Hall–Kier alpha value is -2.57. The second-order valence-corrected chi connectivity index (χ2v) is 7.10. The van der Waals surface area contributed by atoms with Gasteiger partial charge in [-0.05, 0) is 32.8 Å². The Morgan fingerprint density at radius 2 is 2.19 bits per heavy atom. The van der Waals surface area contributed by atoms with Crippen LogP contribution in [-0.4, -0.2) is 52.4 Å². The fraction of sp³-hybridized carbons (Fsp3) is 0.550. The van der Waals surface area contributed by atoms with E-state index in [9.17, 15) is 0 Å². The third-order valence-electron chi connectivity index (χ3n) is 5.15. The molecule has 0 radical (unpaired) electrons. The van der Waals surface area contributed by atoms with Crippen molar-refractivity contribution in [3.05, 3.63) is 41.0 Å². The fourth-order valence-corrected chi connectivity index (χ4v) is 3.68. The molecule has 0 bridgehead atoms. The number of guanidine groups is 1. The maximum atomic E-state index is 5.51. The average Bonchev–Trinajstić information content (AvgIpc) is 3.29. The van der Waals surface area contributed by atoms with E-state index in [1.165, 1.54) is 5.56 Å². The summed E-state index contributed by atoms with van der Waals surface area (Å²) >= 11 is 0. The molecule has 7 nitrogen and oxygen atoms in total. The van der Waals surface area contributed by atoms with Gasteiger partial charge in [-0.25, -0.2) is 4.99 Å². The van der Waals surface area contributed by atoms with Gasteiger partial charge in [0, 0.05) is 56.1 Å². The molecule has 3 rings (SSSR count). The topological polar surface area (TPSA) is 67.6 Å². The molecule has 1 aliphatic rings. The first kappa shape index (κ1) is 19.2. The van der Waals surface area contributed by atoms with Crippen molar-refractivity contribution in [3.8, 4) is 5.75 Å². The van der Waals surface area contributed by atoms with Crippen LogP contribution in [0, 0.1) is 13.8 Å². The number of nitrogens with zero attached hydrogens (tertiary/aromatic N) is 5. The van der Waals surface area contributed by atoms with Gasteiger partial charge >= 0.3 is 0 Å². The van der Waals surface area contributed by atoms with Gasteiger partial charge < -0.3 is 15.0 Å². The summed E-state index contributed by atoms with van der Waals surface area (Å²) in [6, 6.07) is 0. The van der Waals surface area contributed by atoms with E-state index in [0.29, 0.717) is 12.5 Å². The second kappa shape index (κ2) is 8.41. The van der Waals surface area contributed by atoms with Crippen molar-refractivity contribution < 1.29 is 4.74 Å². The molecule has 1 aliphatic heterocycles. The summed E-state index contributed by atoms with van der Waals surface area (Å²) in [4.78, 5) is 11.8. The normalized spacial score (nSPS) is 17.4. The number of hydrogen-bond donors (Lipinski definition) is 1. The molecular weight excluding hydrogens is 340 g/mol. The van der Waals surface area contributed by atoms with Gasteiger partial charge in [-0.2, -0.15) is 5.10 Å². The van der Waals surface area contributed by atoms with Crippen molar-refractivity contribution >= 4 is 5.96 Å². The van der Waals surface area contributed by atoms with Crippen LogP contribution in [0.1, 0.15) is 41.6 Å². The quantitative estimate of drug-likeness (QED) is 0.647. The fourth-order valence-electron chi connectivity index (χ4n) is 3.68. The van der Waals surface area contributed by atoms with Crippen molar-refractivity contribution in [2.24, 2.45) is 12.0 Å². The second-order valence-electron chi connectivity index (χ2n) is 7.10. The summed E-state index contributed by atoms with van der Waals surface area (Å²) in [6.45, 7) is 9.50. The Morgan fingerprint density at radius 3 is 2.85 bits per heavy atom. The number of aryl methyl sites for hydroxylation is 2. The first-order valence-corrected chi connectivity index (χ1v) is 9.54. The van der Waals surface area contributed by atoms with Crippen molar-refractivity contribution in [2.75, 3.05) is 26.7 Å². The van der Waals surface area contributed by atoms with Crippen LogP contribution in [-0.2, 0) is 13.6 Å². The van der Waals surface area contributed by atoms with Gasteiger partial charge in [-0.1, -0.05) is 0 Å². The van der Waals surface area contributed by atoms with Crippen LogP contribution in [0.4, 0.5) is 0 Å². The van der Waals surface area contributed by atoms with Gasteiger partial charge in [0.15, 0.2) is 5.96 Å². The lowest BCUT2D eigenvalue weighted by Crippen LogP contribution is -2.40. The minimum absolute atomic E-state index is 0.502. The van der Waals surface area contributed by atoms with Crippen molar-refractivity contribution in [2.45, 2.75) is 39.7 Å². The molecule has 0 aromatic carbocycles. The van der Waals surface area contributed by atoms with Crippen molar-refractivity contribution in [1.82, 2.24) is 25.0 Å². The molecule has 1 unspecified atom stereocenters. The third kappa shape index (κ3) is 4.23. The van der Waals surface area contributed by atoms with E-state index in [2.05, 4.69) is 33.4 Å². The molecular formula is C20H30N6O. The van der Waals surface area contributed by atoms with Crippen LogP contribution < -0.4 is 10.1 Å². The molecule has 0 amide bonds. The Morgan fingerprint density at radius 1 is 1.37 bits per heavy atom. The lowest BCUT2D eigenvalue weighted by atomic mass is 10.0. The first-order chi connectivity index (χ1) is 13.0. The highest BCUT2D eigenvalue weighted by Gasteiger charge is 2.27. The molecule has 7 heteroatoms. The van der Waals surface area contributed by atoms with Gasteiger partial charge in [0.2, 0.25) is 0 Å². The van der Waals surface area contributed by atoms with Crippen LogP contribution in [0.15, 0.2) is 23.6 Å².